The molecule has 0 radical (unpaired) electrons. The van der Waals surface area contributed by atoms with Gasteiger partial charge in [0.1, 0.15) is 11.6 Å². The Bertz CT molecular complexity index is 1010. The van der Waals surface area contributed by atoms with E-state index in [0.29, 0.717) is 11.6 Å². The molecule has 0 atom stereocenters. The van der Waals surface area contributed by atoms with E-state index in [1.54, 1.807) is 12.0 Å². The van der Waals surface area contributed by atoms with Gasteiger partial charge < -0.3 is 10.1 Å². The molecule has 1 aliphatic heterocycles. The Labute approximate surface area is 176 Å². The van der Waals surface area contributed by atoms with Gasteiger partial charge in [-0.3, -0.25) is 4.90 Å². The molecule has 0 spiro atoms. The van der Waals surface area contributed by atoms with Crippen LogP contribution in [0.1, 0.15) is 36.5 Å². The molecule has 7 heteroatoms. The summed E-state index contributed by atoms with van der Waals surface area (Å²) < 4.78 is 7.35. The van der Waals surface area contributed by atoms with Crippen LogP contribution in [0.2, 0.25) is 0 Å². The van der Waals surface area contributed by atoms with Gasteiger partial charge in [-0.15, -0.1) is 0 Å². The molecular formula is C23H27N5O2. The predicted molar refractivity (Wildman–Crippen MR) is 117 cm³/mol. The molecule has 0 saturated carbocycles. The summed E-state index contributed by atoms with van der Waals surface area (Å²) in [7, 11) is 1.62. The molecule has 2 amide bonds. The van der Waals surface area contributed by atoms with E-state index < -0.39 is 0 Å². The number of nitrogens with one attached hydrogen (secondary N) is 1. The van der Waals surface area contributed by atoms with Crippen LogP contribution < -0.4 is 15.0 Å². The van der Waals surface area contributed by atoms with Crippen molar-refractivity contribution in [3.8, 4) is 5.75 Å². The smallest absolute Gasteiger partial charge is 0.326 e. The summed E-state index contributed by atoms with van der Waals surface area (Å²) in [5, 5.41) is 7.67. The maximum absolute atomic E-state index is 13.2. The van der Waals surface area contributed by atoms with Crippen LogP contribution in [-0.2, 0) is 19.5 Å². The molecule has 0 saturated heterocycles. The number of anilines is 2. The number of carbonyl (C=O) groups excluding carboxylic acids is 1. The van der Waals surface area contributed by atoms with Gasteiger partial charge in [-0.2, -0.15) is 5.10 Å². The Morgan fingerprint density at radius 3 is 2.87 bits per heavy atom. The van der Waals surface area contributed by atoms with Crippen molar-refractivity contribution in [2.24, 2.45) is 0 Å². The van der Waals surface area contributed by atoms with Crippen molar-refractivity contribution in [3.05, 3.63) is 65.7 Å². The van der Waals surface area contributed by atoms with Crippen molar-refractivity contribution in [1.29, 1.82) is 0 Å². The molecule has 1 N–H and O–H groups in total. The summed E-state index contributed by atoms with van der Waals surface area (Å²) in [6, 6.07) is 15.0. The van der Waals surface area contributed by atoms with Gasteiger partial charge in [-0.25, -0.2) is 14.5 Å². The van der Waals surface area contributed by atoms with Gasteiger partial charge in [0.25, 0.3) is 0 Å². The van der Waals surface area contributed by atoms with Crippen molar-refractivity contribution in [2.45, 2.75) is 45.7 Å². The van der Waals surface area contributed by atoms with Crippen LogP contribution in [0.15, 0.2) is 48.5 Å². The first-order chi connectivity index (χ1) is 14.6. The number of benzene rings is 2. The Hall–Kier alpha value is -3.35. The topological polar surface area (TPSA) is 72.3 Å². The van der Waals surface area contributed by atoms with Crippen molar-refractivity contribution in [3.63, 3.8) is 0 Å². The third kappa shape index (κ3) is 4.62. The molecule has 7 nitrogen and oxygen atoms in total. The van der Waals surface area contributed by atoms with Crippen LogP contribution in [0.25, 0.3) is 0 Å². The Kier molecular flexibility index (Phi) is 5.97. The number of hydrogen-bond acceptors (Lipinski definition) is 4. The second kappa shape index (κ2) is 8.98. The third-order valence-electron chi connectivity index (χ3n) is 5.24. The molecule has 0 aliphatic carbocycles. The molecule has 0 unspecified atom stereocenters. The molecule has 1 aromatic heterocycles. The zero-order valence-electron chi connectivity index (χ0n) is 17.5. The van der Waals surface area contributed by atoms with Gasteiger partial charge in [0.15, 0.2) is 5.82 Å². The van der Waals surface area contributed by atoms with Gasteiger partial charge >= 0.3 is 6.03 Å². The lowest BCUT2D eigenvalue weighted by atomic mass is 10.2. The number of hydrogen-bond donors (Lipinski definition) is 1. The van der Waals surface area contributed by atoms with E-state index in [4.69, 9.17) is 9.72 Å². The highest BCUT2D eigenvalue weighted by atomic mass is 16.5. The molecule has 0 fully saturated rings. The number of ether oxygens (including phenoxy) is 1. The minimum atomic E-state index is -0.237. The molecular weight excluding hydrogens is 378 g/mol. The van der Waals surface area contributed by atoms with E-state index in [2.05, 4.69) is 10.4 Å². The number of urea groups is 1. The molecule has 156 valence electrons. The average Bonchev–Trinajstić information content (AvgIpc) is 3.00. The fourth-order valence-electron chi connectivity index (χ4n) is 3.69. The van der Waals surface area contributed by atoms with E-state index in [1.165, 1.54) is 6.42 Å². The van der Waals surface area contributed by atoms with Crippen LogP contribution in [-0.4, -0.2) is 27.9 Å². The second-order valence-electron chi connectivity index (χ2n) is 7.57. The summed E-state index contributed by atoms with van der Waals surface area (Å²) in [5.74, 6) is 2.34. The minimum absolute atomic E-state index is 0.237. The zero-order chi connectivity index (χ0) is 20.9. The lowest BCUT2D eigenvalue weighted by Gasteiger charge is -2.22. The molecule has 3 aromatic rings. The lowest BCUT2D eigenvalue weighted by Crippen LogP contribution is -2.35. The first-order valence-electron chi connectivity index (χ1n) is 10.3. The van der Waals surface area contributed by atoms with Crippen LogP contribution in [0.5, 0.6) is 5.75 Å². The number of aromatic nitrogens is 3. The zero-order valence-corrected chi connectivity index (χ0v) is 17.5. The number of fused-ring (bicyclic) bond motifs is 1. The maximum Gasteiger partial charge on any atom is 0.326 e. The standard InChI is InChI=1S/C23H27N5O2/c1-17-8-6-9-18(14-17)24-23(29)27(19-10-7-11-20(15-19)30-2)16-21-25-22-12-4-3-5-13-28(22)26-21/h6-11,14-15H,3-5,12-13,16H2,1-2H3,(H,24,29). The molecule has 4 rings (SSSR count). The Morgan fingerprint density at radius 2 is 2.03 bits per heavy atom. The number of carbonyl (C=O) groups is 1. The normalized spacial score (nSPS) is 13.3. The number of amides is 2. The van der Waals surface area contributed by atoms with Gasteiger partial charge in [-0.05, 0) is 49.6 Å². The molecule has 1 aliphatic rings. The first-order valence-corrected chi connectivity index (χ1v) is 10.3. The number of methoxy groups -OCH3 is 1. The van der Waals surface area contributed by atoms with Gasteiger partial charge in [0.2, 0.25) is 0 Å². The lowest BCUT2D eigenvalue weighted by molar-refractivity contribution is 0.256. The maximum atomic E-state index is 13.2. The fourth-order valence-corrected chi connectivity index (χ4v) is 3.69. The molecule has 2 heterocycles. The van der Waals surface area contributed by atoms with E-state index >= 15 is 0 Å². The number of aryl methyl sites for hydroxylation is 3. The van der Waals surface area contributed by atoms with Crippen LogP contribution in [0.4, 0.5) is 16.2 Å². The highest BCUT2D eigenvalue weighted by molar-refractivity contribution is 6.01. The summed E-state index contributed by atoms with van der Waals surface area (Å²) in [6.07, 6.45) is 4.38. The van der Waals surface area contributed by atoms with Gasteiger partial charge in [0, 0.05) is 30.4 Å². The fraction of sp³-hybridized carbons (Fsp3) is 0.348. The Balaban J connectivity index is 1.62. The summed E-state index contributed by atoms with van der Waals surface area (Å²) in [4.78, 5) is 19.6. The van der Waals surface area contributed by atoms with Crippen molar-refractivity contribution >= 4 is 17.4 Å². The largest absolute Gasteiger partial charge is 0.497 e. The summed E-state index contributed by atoms with van der Waals surface area (Å²) in [6.45, 7) is 3.17. The van der Waals surface area contributed by atoms with Crippen molar-refractivity contribution in [2.75, 3.05) is 17.3 Å². The van der Waals surface area contributed by atoms with Gasteiger partial charge in [0.05, 0.1) is 13.7 Å². The summed E-state index contributed by atoms with van der Waals surface area (Å²) >= 11 is 0. The quantitative estimate of drug-likeness (QED) is 0.675. The van der Waals surface area contributed by atoms with Crippen molar-refractivity contribution in [1.82, 2.24) is 14.8 Å². The highest BCUT2D eigenvalue weighted by Gasteiger charge is 2.21. The number of nitrogens with zero attached hydrogens (tertiary/aromatic N) is 4. The highest BCUT2D eigenvalue weighted by Crippen LogP contribution is 2.24. The van der Waals surface area contributed by atoms with E-state index in [1.807, 2.05) is 60.1 Å². The SMILES string of the molecule is COc1cccc(N(Cc2nc3n(n2)CCCCC3)C(=O)Nc2cccc(C)c2)c1. The predicted octanol–water partition coefficient (Wildman–Crippen LogP) is 4.56. The molecule has 0 bridgehead atoms. The molecule has 30 heavy (non-hydrogen) atoms. The minimum Gasteiger partial charge on any atom is -0.497 e. The average molecular weight is 406 g/mol. The Morgan fingerprint density at radius 1 is 1.17 bits per heavy atom. The second-order valence-corrected chi connectivity index (χ2v) is 7.57. The number of rotatable bonds is 5. The van der Waals surface area contributed by atoms with E-state index in [9.17, 15) is 4.79 Å². The third-order valence-corrected chi connectivity index (χ3v) is 5.24. The van der Waals surface area contributed by atoms with Crippen LogP contribution >= 0.6 is 0 Å². The first kappa shape index (κ1) is 19.9. The monoisotopic (exact) mass is 405 g/mol. The van der Waals surface area contributed by atoms with Gasteiger partial charge in [-0.1, -0.05) is 24.6 Å². The van der Waals surface area contributed by atoms with Crippen LogP contribution in [0.3, 0.4) is 0 Å². The van der Waals surface area contributed by atoms with Crippen molar-refractivity contribution < 1.29 is 9.53 Å². The van der Waals surface area contributed by atoms with E-state index in [0.717, 1.165) is 48.6 Å². The summed E-state index contributed by atoms with van der Waals surface area (Å²) in [5.41, 5.74) is 2.56. The van der Waals surface area contributed by atoms with Crippen LogP contribution in [0, 0.1) is 6.92 Å². The molecule has 2 aromatic carbocycles. The van der Waals surface area contributed by atoms with E-state index in [-0.39, 0.29) is 12.6 Å².